The van der Waals surface area contributed by atoms with Gasteiger partial charge in [0.1, 0.15) is 5.82 Å². The highest BCUT2D eigenvalue weighted by Gasteiger charge is 2.33. The zero-order valence-electron chi connectivity index (χ0n) is 18.9. The van der Waals surface area contributed by atoms with Gasteiger partial charge in [-0.2, -0.15) is 0 Å². The Morgan fingerprint density at radius 3 is 2.39 bits per heavy atom. The van der Waals surface area contributed by atoms with Crippen LogP contribution in [-0.2, 0) is 5.41 Å². The number of aromatic nitrogens is 1. The van der Waals surface area contributed by atoms with E-state index in [1.54, 1.807) is 0 Å². The predicted molar refractivity (Wildman–Crippen MR) is 135 cm³/mol. The van der Waals surface area contributed by atoms with Crippen LogP contribution in [0.2, 0.25) is 0 Å². The van der Waals surface area contributed by atoms with Gasteiger partial charge >= 0.3 is 0 Å². The molecule has 31 heavy (non-hydrogen) atoms. The highest BCUT2D eigenvalue weighted by molar-refractivity contribution is 7.80. The van der Waals surface area contributed by atoms with Gasteiger partial charge in [0, 0.05) is 25.0 Å². The summed E-state index contributed by atoms with van der Waals surface area (Å²) in [4.78, 5) is 7.12. The molecule has 0 bridgehead atoms. The summed E-state index contributed by atoms with van der Waals surface area (Å²) in [6, 6.07) is 15.2. The molecule has 1 aromatic carbocycles. The van der Waals surface area contributed by atoms with Gasteiger partial charge in [-0.15, -0.1) is 0 Å². The van der Waals surface area contributed by atoms with Crippen molar-refractivity contribution in [2.24, 2.45) is 11.8 Å². The van der Waals surface area contributed by atoms with E-state index in [4.69, 9.17) is 17.2 Å². The number of benzene rings is 1. The molecule has 4 nitrogen and oxygen atoms in total. The van der Waals surface area contributed by atoms with Gasteiger partial charge < -0.3 is 15.5 Å². The standard InChI is InChI=1S/C26H36N4S/c1-20-15-21(2)18-30(17-20)24-12-11-23(16-27-24)29-25(31)28-19-26(13-7-4-8-14-26)22-9-5-3-6-10-22/h3,5-6,9-12,16,20-21H,4,7-8,13-15,17-19H2,1-2H3,(H2,28,29,31)/t20-,21+. The summed E-state index contributed by atoms with van der Waals surface area (Å²) in [5.74, 6) is 2.50. The molecule has 1 aliphatic carbocycles. The van der Waals surface area contributed by atoms with Crippen LogP contribution in [0.3, 0.4) is 0 Å². The minimum absolute atomic E-state index is 0.176. The number of thiocarbonyl (C=S) groups is 1. The average Bonchev–Trinajstić information content (AvgIpc) is 2.79. The summed E-state index contributed by atoms with van der Waals surface area (Å²) >= 11 is 5.63. The quantitative estimate of drug-likeness (QED) is 0.584. The van der Waals surface area contributed by atoms with Crippen molar-refractivity contribution in [3.05, 3.63) is 54.2 Å². The van der Waals surface area contributed by atoms with E-state index < -0.39 is 0 Å². The monoisotopic (exact) mass is 436 g/mol. The number of nitrogens with one attached hydrogen (secondary N) is 2. The lowest BCUT2D eigenvalue weighted by Crippen LogP contribution is -2.43. The molecule has 1 aliphatic heterocycles. The van der Waals surface area contributed by atoms with Gasteiger partial charge in [-0.3, -0.25) is 0 Å². The normalized spacial score (nSPS) is 23.2. The lowest BCUT2D eigenvalue weighted by atomic mass is 9.69. The van der Waals surface area contributed by atoms with Crippen LogP contribution < -0.4 is 15.5 Å². The zero-order valence-corrected chi connectivity index (χ0v) is 19.8. The predicted octanol–water partition coefficient (Wildman–Crippen LogP) is 5.75. The number of hydrogen-bond donors (Lipinski definition) is 2. The fraction of sp³-hybridized carbons (Fsp3) is 0.538. The number of pyridine rings is 1. The molecule has 0 unspecified atom stereocenters. The molecule has 2 aliphatic rings. The highest BCUT2D eigenvalue weighted by Crippen LogP contribution is 2.39. The molecule has 2 atom stereocenters. The molecule has 5 heteroatoms. The number of rotatable bonds is 5. The fourth-order valence-corrected chi connectivity index (χ4v) is 5.70. The maximum absolute atomic E-state index is 5.63. The van der Waals surface area contributed by atoms with Crippen molar-refractivity contribution in [3.8, 4) is 0 Å². The number of piperidine rings is 1. The van der Waals surface area contributed by atoms with E-state index in [9.17, 15) is 0 Å². The Hall–Kier alpha value is -2.14. The SMILES string of the molecule is C[C@@H]1C[C@H](C)CN(c2ccc(NC(=S)NCC3(c4ccccc4)CCCCC3)cn2)C1. The minimum atomic E-state index is 0.176. The first-order chi connectivity index (χ1) is 15.0. The Bertz CT molecular complexity index is 835. The van der Waals surface area contributed by atoms with Crippen LogP contribution in [-0.4, -0.2) is 29.7 Å². The Morgan fingerprint density at radius 2 is 1.74 bits per heavy atom. The van der Waals surface area contributed by atoms with Gasteiger partial charge in [0.15, 0.2) is 5.11 Å². The van der Waals surface area contributed by atoms with Gasteiger partial charge in [0.25, 0.3) is 0 Å². The first-order valence-corrected chi connectivity index (χ1v) is 12.3. The molecule has 2 N–H and O–H groups in total. The highest BCUT2D eigenvalue weighted by atomic mass is 32.1. The molecule has 0 radical (unpaired) electrons. The summed E-state index contributed by atoms with van der Waals surface area (Å²) in [5.41, 5.74) is 2.55. The maximum atomic E-state index is 5.63. The van der Waals surface area contributed by atoms with Crippen LogP contribution in [0.1, 0.15) is 57.9 Å². The lowest BCUT2D eigenvalue weighted by molar-refractivity contribution is 0.292. The molecule has 1 saturated carbocycles. The first-order valence-electron chi connectivity index (χ1n) is 11.9. The van der Waals surface area contributed by atoms with Crippen LogP contribution in [0.5, 0.6) is 0 Å². The second-order valence-electron chi connectivity index (χ2n) is 9.77. The van der Waals surface area contributed by atoms with Crippen molar-refractivity contribution < 1.29 is 0 Å². The lowest BCUT2D eigenvalue weighted by Gasteiger charge is -2.38. The summed E-state index contributed by atoms with van der Waals surface area (Å²) < 4.78 is 0. The molecular weight excluding hydrogens is 400 g/mol. The summed E-state index contributed by atoms with van der Waals surface area (Å²) in [7, 11) is 0. The molecule has 0 amide bonds. The van der Waals surface area contributed by atoms with Crippen molar-refractivity contribution >= 4 is 28.8 Å². The molecule has 1 aromatic heterocycles. The smallest absolute Gasteiger partial charge is 0.170 e. The van der Waals surface area contributed by atoms with Crippen LogP contribution in [0.4, 0.5) is 11.5 Å². The Kier molecular flexibility index (Phi) is 7.11. The molecule has 2 heterocycles. The fourth-order valence-electron chi connectivity index (χ4n) is 5.51. The topological polar surface area (TPSA) is 40.2 Å². The van der Waals surface area contributed by atoms with Crippen LogP contribution >= 0.6 is 12.2 Å². The molecule has 2 aromatic rings. The molecular formula is C26H36N4S. The van der Waals surface area contributed by atoms with Crippen LogP contribution in [0, 0.1) is 11.8 Å². The second-order valence-corrected chi connectivity index (χ2v) is 10.2. The Balaban J connectivity index is 1.35. The summed E-state index contributed by atoms with van der Waals surface area (Å²) in [6.45, 7) is 7.71. The largest absolute Gasteiger partial charge is 0.362 e. The Morgan fingerprint density at radius 1 is 1.03 bits per heavy atom. The summed E-state index contributed by atoms with van der Waals surface area (Å²) in [5, 5.41) is 7.53. The number of hydrogen-bond acceptors (Lipinski definition) is 3. The van der Waals surface area contributed by atoms with E-state index in [0.717, 1.165) is 43.0 Å². The van der Waals surface area contributed by atoms with Crippen molar-refractivity contribution in [2.75, 3.05) is 29.9 Å². The number of nitrogens with zero attached hydrogens (tertiary/aromatic N) is 2. The van der Waals surface area contributed by atoms with Crippen molar-refractivity contribution in [1.82, 2.24) is 10.3 Å². The molecule has 0 spiro atoms. The van der Waals surface area contributed by atoms with E-state index in [0.29, 0.717) is 5.11 Å². The van der Waals surface area contributed by atoms with E-state index in [1.165, 1.54) is 44.1 Å². The van der Waals surface area contributed by atoms with Gasteiger partial charge in [-0.1, -0.05) is 63.4 Å². The van der Waals surface area contributed by atoms with E-state index in [1.807, 2.05) is 6.20 Å². The molecule has 1 saturated heterocycles. The molecule has 2 fully saturated rings. The van der Waals surface area contributed by atoms with Crippen LogP contribution in [0.25, 0.3) is 0 Å². The van der Waals surface area contributed by atoms with Gasteiger partial charge in [0.05, 0.1) is 11.9 Å². The third-order valence-electron chi connectivity index (χ3n) is 6.98. The maximum Gasteiger partial charge on any atom is 0.170 e. The van der Waals surface area contributed by atoms with Gasteiger partial charge in [0.2, 0.25) is 0 Å². The molecule has 166 valence electrons. The minimum Gasteiger partial charge on any atom is -0.362 e. The van der Waals surface area contributed by atoms with E-state index >= 15 is 0 Å². The number of anilines is 2. The average molecular weight is 437 g/mol. The zero-order chi connectivity index (χ0) is 21.7. The third-order valence-corrected chi connectivity index (χ3v) is 7.23. The van der Waals surface area contributed by atoms with E-state index in [-0.39, 0.29) is 5.41 Å². The van der Waals surface area contributed by atoms with Crippen molar-refractivity contribution in [1.29, 1.82) is 0 Å². The van der Waals surface area contributed by atoms with Crippen molar-refractivity contribution in [2.45, 2.75) is 57.8 Å². The molecule has 4 rings (SSSR count). The summed E-state index contributed by atoms with van der Waals surface area (Å²) in [6.07, 6.45) is 9.56. The van der Waals surface area contributed by atoms with E-state index in [2.05, 4.69) is 71.8 Å². The first kappa shape index (κ1) is 22.1. The third kappa shape index (κ3) is 5.57. The second kappa shape index (κ2) is 9.99. The van der Waals surface area contributed by atoms with Crippen molar-refractivity contribution in [3.63, 3.8) is 0 Å². The van der Waals surface area contributed by atoms with Gasteiger partial charge in [-0.05, 0) is 61.0 Å². The van der Waals surface area contributed by atoms with Crippen LogP contribution in [0.15, 0.2) is 48.7 Å². The van der Waals surface area contributed by atoms with Gasteiger partial charge in [-0.25, -0.2) is 4.98 Å². The Labute approximate surface area is 192 Å².